The van der Waals surface area contributed by atoms with E-state index in [1.165, 1.54) is 0 Å². The van der Waals surface area contributed by atoms with Crippen LogP contribution in [0.25, 0.3) is 0 Å². The Morgan fingerprint density at radius 3 is 2.63 bits per heavy atom. The van der Waals surface area contributed by atoms with Crippen LogP contribution in [-0.4, -0.2) is 5.91 Å². The van der Waals surface area contributed by atoms with E-state index in [2.05, 4.69) is 21.2 Å². The van der Waals surface area contributed by atoms with Crippen LogP contribution in [0, 0.1) is 6.92 Å². The van der Waals surface area contributed by atoms with Crippen molar-refractivity contribution in [3.63, 3.8) is 0 Å². The number of nitrogens with two attached hydrogens (primary N) is 1. The maximum atomic E-state index is 12.1. The molecule has 0 heterocycles. The number of benzene rings is 2. The van der Waals surface area contributed by atoms with Crippen LogP contribution in [0.1, 0.15) is 15.9 Å². The predicted molar refractivity (Wildman–Crippen MR) is 82.7 cm³/mol. The van der Waals surface area contributed by atoms with Crippen molar-refractivity contribution in [1.82, 2.24) is 0 Å². The molecule has 0 bridgehead atoms. The second kappa shape index (κ2) is 5.63. The van der Waals surface area contributed by atoms with Gasteiger partial charge in [0.05, 0.1) is 0 Å². The van der Waals surface area contributed by atoms with Crippen molar-refractivity contribution < 1.29 is 4.79 Å². The number of amides is 1. The molecule has 0 saturated carbocycles. The number of halogens is 2. The Labute approximate surface area is 124 Å². The summed E-state index contributed by atoms with van der Waals surface area (Å²) in [4.78, 5) is 12.1. The first-order valence-electron chi connectivity index (χ1n) is 5.60. The van der Waals surface area contributed by atoms with Gasteiger partial charge in [0.2, 0.25) is 0 Å². The topological polar surface area (TPSA) is 55.1 Å². The van der Waals surface area contributed by atoms with Crippen LogP contribution in [0.15, 0.2) is 40.9 Å². The third-order valence-corrected chi connectivity index (χ3v) is 3.82. The Morgan fingerprint density at radius 2 is 2.00 bits per heavy atom. The standard InChI is InChI=1S/C14H12BrClN2O/c1-8-2-3-9(6-12(8)16)14(19)18-10-4-5-11(15)13(17)7-10/h2-7H,17H2,1H3,(H,18,19). The van der Waals surface area contributed by atoms with Gasteiger partial charge in [0.25, 0.3) is 5.91 Å². The molecule has 0 saturated heterocycles. The molecule has 5 heteroatoms. The van der Waals surface area contributed by atoms with Gasteiger partial charge in [-0.25, -0.2) is 0 Å². The van der Waals surface area contributed by atoms with Gasteiger partial charge in [0.15, 0.2) is 0 Å². The third-order valence-electron chi connectivity index (χ3n) is 2.69. The first-order chi connectivity index (χ1) is 8.97. The van der Waals surface area contributed by atoms with Crippen molar-refractivity contribution >= 4 is 44.8 Å². The molecule has 0 aliphatic heterocycles. The van der Waals surface area contributed by atoms with Crippen LogP contribution in [0.4, 0.5) is 11.4 Å². The summed E-state index contributed by atoms with van der Waals surface area (Å²) in [6, 6.07) is 10.4. The average molecular weight is 340 g/mol. The Bertz CT molecular complexity index is 643. The lowest BCUT2D eigenvalue weighted by atomic mass is 10.1. The van der Waals surface area contributed by atoms with Gasteiger partial charge in [0.1, 0.15) is 0 Å². The molecule has 0 fully saturated rings. The van der Waals surface area contributed by atoms with Gasteiger partial charge in [-0.3, -0.25) is 4.79 Å². The molecule has 0 atom stereocenters. The summed E-state index contributed by atoms with van der Waals surface area (Å²) in [6.07, 6.45) is 0. The highest BCUT2D eigenvalue weighted by molar-refractivity contribution is 9.10. The van der Waals surface area contributed by atoms with E-state index < -0.39 is 0 Å². The molecule has 2 aromatic carbocycles. The van der Waals surface area contributed by atoms with E-state index in [9.17, 15) is 4.79 Å². The molecule has 2 rings (SSSR count). The number of hydrogen-bond acceptors (Lipinski definition) is 2. The lowest BCUT2D eigenvalue weighted by Crippen LogP contribution is -2.12. The number of rotatable bonds is 2. The van der Waals surface area contributed by atoms with Crippen molar-refractivity contribution in [3.8, 4) is 0 Å². The molecule has 0 aliphatic rings. The zero-order chi connectivity index (χ0) is 14.0. The molecule has 0 aromatic heterocycles. The highest BCUT2D eigenvalue weighted by atomic mass is 79.9. The second-order valence-electron chi connectivity index (χ2n) is 4.15. The van der Waals surface area contributed by atoms with E-state index in [0.717, 1.165) is 10.0 Å². The van der Waals surface area contributed by atoms with Gasteiger partial charge in [-0.05, 0) is 58.7 Å². The fraction of sp³-hybridized carbons (Fsp3) is 0.0714. The molecule has 2 aromatic rings. The number of nitrogens with one attached hydrogen (secondary N) is 1. The highest BCUT2D eigenvalue weighted by Gasteiger charge is 2.08. The number of carbonyl (C=O) groups excluding carboxylic acids is 1. The van der Waals surface area contributed by atoms with E-state index in [0.29, 0.717) is 22.0 Å². The van der Waals surface area contributed by atoms with Gasteiger partial charge in [-0.1, -0.05) is 17.7 Å². The quantitative estimate of drug-likeness (QED) is 0.804. The summed E-state index contributed by atoms with van der Waals surface area (Å²) in [5, 5.41) is 3.35. The number of carbonyl (C=O) groups is 1. The SMILES string of the molecule is Cc1ccc(C(=O)Nc2ccc(Br)c(N)c2)cc1Cl. The largest absolute Gasteiger partial charge is 0.398 e. The van der Waals surface area contributed by atoms with Gasteiger partial charge in [0, 0.05) is 26.4 Å². The van der Waals surface area contributed by atoms with Crippen LogP contribution in [0.3, 0.4) is 0 Å². The van der Waals surface area contributed by atoms with Crippen LogP contribution >= 0.6 is 27.5 Å². The maximum Gasteiger partial charge on any atom is 0.255 e. The molecule has 0 aliphatic carbocycles. The summed E-state index contributed by atoms with van der Waals surface area (Å²) in [6.45, 7) is 1.89. The van der Waals surface area contributed by atoms with Gasteiger partial charge >= 0.3 is 0 Å². The number of aryl methyl sites for hydroxylation is 1. The number of nitrogen functional groups attached to an aromatic ring is 1. The van der Waals surface area contributed by atoms with Crippen LogP contribution in [-0.2, 0) is 0 Å². The van der Waals surface area contributed by atoms with E-state index in [1.54, 1.807) is 30.3 Å². The Kier molecular flexibility index (Phi) is 4.12. The van der Waals surface area contributed by atoms with Crippen LogP contribution < -0.4 is 11.1 Å². The summed E-state index contributed by atoms with van der Waals surface area (Å²) in [5.74, 6) is -0.219. The van der Waals surface area contributed by atoms with E-state index in [-0.39, 0.29) is 5.91 Å². The lowest BCUT2D eigenvalue weighted by molar-refractivity contribution is 0.102. The monoisotopic (exact) mass is 338 g/mol. The Balaban J connectivity index is 2.20. The van der Waals surface area contributed by atoms with Crippen molar-refractivity contribution in [2.24, 2.45) is 0 Å². The third kappa shape index (κ3) is 3.28. The molecular weight excluding hydrogens is 328 g/mol. The summed E-state index contributed by atoms with van der Waals surface area (Å²) in [7, 11) is 0. The smallest absolute Gasteiger partial charge is 0.255 e. The molecule has 0 spiro atoms. The molecule has 3 nitrogen and oxygen atoms in total. The van der Waals surface area contributed by atoms with Crippen molar-refractivity contribution in [2.75, 3.05) is 11.1 Å². The Hall–Kier alpha value is -1.52. The minimum Gasteiger partial charge on any atom is -0.398 e. The minimum absolute atomic E-state index is 0.219. The fourth-order valence-corrected chi connectivity index (χ4v) is 1.99. The van der Waals surface area contributed by atoms with Gasteiger partial charge in [-0.15, -0.1) is 0 Å². The first-order valence-corrected chi connectivity index (χ1v) is 6.77. The molecule has 98 valence electrons. The fourth-order valence-electron chi connectivity index (χ4n) is 1.56. The van der Waals surface area contributed by atoms with Crippen molar-refractivity contribution in [2.45, 2.75) is 6.92 Å². The van der Waals surface area contributed by atoms with Gasteiger partial charge in [-0.2, -0.15) is 0 Å². The van der Waals surface area contributed by atoms with E-state index >= 15 is 0 Å². The zero-order valence-corrected chi connectivity index (χ0v) is 12.5. The Morgan fingerprint density at radius 1 is 1.26 bits per heavy atom. The summed E-state index contributed by atoms with van der Waals surface area (Å²) in [5.41, 5.74) is 8.42. The lowest BCUT2D eigenvalue weighted by Gasteiger charge is -2.08. The molecular formula is C14H12BrClN2O. The zero-order valence-electron chi connectivity index (χ0n) is 10.2. The van der Waals surface area contributed by atoms with Crippen molar-refractivity contribution in [3.05, 3.63) is 57.0 Å². The summed E-state index contributed by atoms with van der Waals surface area (Å²) < 4.78 is 0.795. The second-order valence-corrected chi connectivity index (χ2v) is 5.42. The maximum absolute atomic E-state index is 12.1. The molecule has 0 unspecified atom stereocenters. The first kappa shape index (κ1) is 13.9. The van der Waals surface area contributed by atoms with E-state index in [4.69, 9.17) is 17.3 Å². The van der Waals surface area contributed by atoms with Crippen LogP contribution in [0.5, 0.6) is 0 Å². The predicted octanol–water partition coefficient (Wildman–Crippen LogP) is 4.25. The summed E-state index contributed by atoms with van der Waals surface area (Å²) >= 11 is 9.30. The van der Waals surface area contributed by atoms with Crippen molar-refractivity contribution in [1.29, 1.82) is 0 Å². The minimum atomic E-state index is -0.219. The molecule has 19 heavy (non-hydrogen) atoms. The number of hydrogen-bond donors (Lipinski definition) is 2. The van der Waals surface area contributed by atoms with E-state index in [1.807, 2.05) is 13.0 Å². The van der Waals surface area contributed by atoms with Gasteiger partial charge < -0.3 is 11.1 Å². The van der Waals surface area contributed by atoms with Crippen LogP contribution in [0.2, 0.25) is 5.02 Å². The molecule has 1 amide bonds. The highest BCUT2D eigenvalue weighted by Crippen LogP contribution is 2.23. The average Bonchev–Trinajstić information content (AvgIpc) is 2.37. The number of anilines is 2. The molecule has 0 radical (unpaired) electrons. The normalized spacial score (nSPS) is 10.3. The molecule has 3 N–H and O–H groups in total.